The highest BCUT2D eigenvalue weighted by Gasteiger charge is 2.35. The Labute approximate surface area is 166 Å². The molecule has 0 spiro atoms. The molecule has 0 saturated carbocycles. The maximum Gasteiger partial charge on any atom is 0.417 e. The molecule has 0 bridgehead atoms. The molecule has 1 saturated heterocycles. The van der Waals surface area contributed by atoms with Gasteiger partial charge in [0.1, 0.15) is 10.6 Å². The number of sulfonamides is 1. The number of aromatic nitrogens is 1. The van der Waals surface area contributed by atoms with E-state index in [1.54, 1.807) is 17.9 Å². The van der Waals surface area contributed by atoms with Crippen LogP contribution in [0.25, 0.3) is 0 Å². The monoisotopic (exact) mass is 428 g/mol. The maximum absolute atomic E-state index is 13.2. The number of nitriles is 1. The number of nitrogens with zero attached hydrogens (tertiary/aromatic N) is 4. The minimum atomic E-state index is -4.65. The summed E-state index contributed by atoms with van der Waals surface area (Å²) in [5.74, 6) is 0.200. The van der Waals surface area contributed by atoms with Crippen LogP contribution < -0.4 is 4.90 Å². The molecule has 1 fully saturated rings. The predicted octanol–water partition coefficient (Wildman–Crippen LogP) is 3.08. The van der Waals surface area contributed by atoms with Crippen molar-refractivity contribution in [2.75, 3.05) is 31.1 Å². The molecular formula is C18H19F3N4O3S. The van der Waals surface area contributed by atoms with Gasteiger partial charge in [0.2, 0.25) is 10.0 Å². The van der Waals surface area contributed by atoms with E-state index in [0.717, 1.165) is 12.1 Å². The average molecular weight is 428 g/mol. The fourth-order valence-electron chi connectivity index (χ4n) is 3.43. The Morgan fingerprint density at radius 2 is 1.90 bits per heavy atom. The fraction of sp³-hybridized carbons (Fsp3) is 0.444. The lowest BCUT2D eigenvalue weighted by molar-refractivity contribution is -0.137. The highest BCUT2D eigenvalue weighted by Crippen LogP contribution is 2.35. The normalized spacial score (nSPS) is 16.5. The first-order valence-electron chi connectivity index (χ1n) is 8.85. The molecule has 3 rings (SSSR count). The van der Waals surface area contributed by atoms with Crippen LogP contribution in [0.5, 0.6) is 0 Å². The van der Waals surface area contributed by atoms with Gasteiger partial charge in [-0.25, -0.2) is 8.42 Å². The van der Waals surface area contributed by atoms with Crippen LogP contribution in [0, 0.1) is 25.2 Å². The summed E-state index contributed by atoms with van der Waals surface area (Å²) >= 11 is 0. The first-order valence-corrected chi connectivity index (χ1v) is 10.3. The first-order chi connectivity index (χ1) is 13.6. The van der Waals surface area contributed by atoms with E-state index in [9.17, 15) is 21.6 Å². The second kappa shape index (κ2) is 7.68. The van der Waals surface area contributed by atoms with Gasteiger partial charge in [0.05, 0.1) is 17.2 Å². The first kappa shape index (κ1) is 21.1. The molecule has 156 valence electrons. The SMILES string of the molecule is Cc1noc(C)c1S(=O)(=O)N1CCCN(c2ccc(C#N)c(C(F)(F)F)c2)CC1. The molecule has 7 nitrogen and oxygen atoms in total. The van der Waals surface area contributed by atoms with Gasteiger partial charge >= 0.3 is 6.18 Å². The molecule has 0 aliphatic carbocycles. The van der Waals surface area contributed by atoms with Crippen LogP contribution >= 0.6 is 0 Å². The predicted molar refractivity (Wildman–Crippen MR) is 97.7 cm³/mol. The van der Waals surface area contributed by atoms with Crippen LogP contribution in [0.3, 0.4) is 0 Å². The molecule has 1 aliphatic rings. The van der Waals surface area contributed by atoms with E-state index in [1.165, 1.54) is 17.3 Å². The van der Waals surface area contributed by atoms with Gasteiger partial charge in [0, 0.05) is 31.9 Å². The third kappa shape index (κ3) is 4.09. The summed E-state index contributed by atoms with van der Waals surface area (Å²) in [6.45, 7) is 4.00. The van der Waals surface area contributed by atoms with Gasteiger partial charge < -0.3 is 9.42 Å². The summed E-state index contributed by atoms with van der Waals surface area (Å²) in [6.07, 6.45) is -4.21. The molecule has 0 amide bonds. The molecule has 0 radical (unpaired) electrons. The summed E-state index contributed by atoms with van der Waals surface area (Å²) in [4.78, 5) is 1.72. The highest BCUT2D eigenvalue weighted by molar-refractivity contribution is 7.89. The van der Waals surface area contributed by atoms with Gasteiger partial charge in [-0.1, -0.05) is 5.16 Å². The Hall–Kier alpha value is -2.58. The highest BCUT2D eigenvalue weighted by atomic mass is 32.2. The second-order valence-electron chi connectivity index (χ2n) is 6.74. The number of benzene rings is 1. The standard InChI is InChI=1S/C18H19F3N4O3S/c1-12-17(13(2)28-23-12)29(26,27)25-7-3-6-24(8-9-25)15-5-4-14(11-22)16(10-15)18(19,20)21/h4-5,10H,3,6-9H2,1-2H3. The summed E-state index contributed by atoms with van der Waals surface area (Å²) in [5, 5.41) is 12.6. The Morgan fingerprint density at radius 1 is 1.17 bits per heavy atom. The van der Waals surface area contributed by atoms with E-state index in [0.29, 0.717) is 18.7 Å². The lowest BCUT2D eigenvalue weighted by Crippen LogP contribution is -2.35. The Balaban J connectivity index is 1.85. The molecule has 11 heteroatoms. The number of anilines is 1. The van der Waals surface area contributed by atoms with Crippen molar-refractivity contribution in [2.24, 2.45) is 0 Å². The number of rotatable bonds is 3. The van der Waals surface area contributed by atoms with E-state index in [4.69, 9.17) is 9.78 Å². The topological polar surface area (TPSA) is 90.4 Å². The van der Waals surface area contributed by atoms with Crippen molar-refractivity contribution in [1.82, 2.24) is 9.46 Å². The zero-order valence-corrected chi connectivity index (χ0v) is 16.6. The van der Waals surface area contributed by atoms with Gasteiger partial charge in [-0.15, -0.1) is 0 Å². The van der Waals surface area contributed by atoms with E-state index >= 15 is 0 Å². The van der Waals surface area contributed by atoms with Crippen LogP contribution in [0.4, 0.5) is 18.9 Å². The van der Waals surface area contributed by atoms with E-state index < -0.39 is 27.3 Å². The average Bonchev–Trinajstić information content (AvgIpc) is 2.85. The largest absolute Gasteiger partial charge is 0.417 e. The van der Waals surface area contributed by atoms with E-state index in [2.05, 4.69) is 5.16 Å². The van der Waals surface area contributed by atoms with Crippen LogP contribution in [-0.4, -0.2) is 44.1 Å². The smallest absolute Gasteiger partial charge is 0.370 e. The van der Waals surface area contributed by atoms with Crippen molar-refractivity contribution in [1.29, 1.82) is 5.26 Å². The Bertz CT molecular complexity index is 1040. The van der Waals surface area contributed by atoms with E-state index in [1.807, 2.05) is 0 Å². The molecule has 2 heterocycles. The molecule has 29 heavy (non-hydrogen) atoms. The summed E-state index contributed by atoms with van der Waals surface area (Å²) < 4.78 is 71.9. The molecule has 0 atom stereocenters. The molecule has 0 unspecified atom stereocenters. The van der Waals surface area contributed by atoms with Gasteiger partial charge in [-0.2, -0.15) is 22.7 Å². The van der Waals surface area contributed by atoms with Crippen molar-refractivity contribution in [3.63, 3.8) is 0 Å². The number of hydrogen-bond acceptors (Lipinski definition) is 6. The second-order valence-corrected chi connectivity index (χ2v) is 8.61. The number of hydrogen-bond donors (Lipinski definition) is 0. The summed E-state index contributed by atoms with van der Waals surface area (Å²) in [5.41, 5.74) is -0.876. The van der Waals surface area contributed by atoms with Crippen molar-refractivity contribution >= 4 is 15.7 Å². The van der Waals surface area contributed by atoms with Crippen molar-refractivity contribution in [3.8, 4) is 6.07 Å². The minimum Gasteiger partial charge on any atom is -0.370 e. The quantitative estimate of drug-likeness (QED) is 0.746. The molecule has 1 aliphatic heterocycles. The fourth-order valence-corrected chi connectivity index (χ4v) is 5.19. The molecular weight excluding hydrogens is 409 g/mol. The van der Waals surface area contributed by atoms with Gasteiger partial charge in [-0.3, -0.25) is 0 Å². The number of aryl methyl sites for hydroxylation is 2. The van der Waals surface area contributed by atoms with E-state index in [-0.39, 0.29) is 36.0 Å². The zero-order chi connectivity index (χ0) is 21.4. The van der Waals surface area contributed by atoms with Crippen LogP contribution in [0.2, 0.25) is 0 Å². The molecule has 2 aromatic rings. The molecule has 1 aromatic carbocycles. The van der Waals surface area contributed by atoms with Gasteiger partial charge in [0.15, 0.2) is 5.76 Å². The molecule has 0 N–H and O–H groups in total. The maximum atomic E-state index is 13.2. The minimum absolute atomic E-state index is 0.0312. The Morgan fingerprint density at radius 3 is 2.48 bits per heavy atom. The van der Waals surface area contributed by atoms with Crippen molar-refractivity contribution in [2.45, 2.75) is 31.3 Å². The summed E-state index contributed by atoms with van der Waals surface area (Å²) in [6, 6.07) is 5.09. The van der Waals surface area contributed by atoms with Gasteiger partial charge in [-0.05, 0) is 38.5 Å². The summed E-state index contributed by atoms with van der Waals surface area (Å²) in [7, 11) is -3.82. The third-order valence-electron chi connectivity index (χ3n) is 4.81. The van der Waals surface area contributed by atoms with Crippen LogP contribution in [0.15, 0.2) is 27.6 Å². The number of halogens is 3. The van der Waals surface area contributed by atoms with Crippen molar-refractivity contribution in [3.05, 3.63) is 40.8 Å². The zero-order valence-electron chi connectivity index (χ0n) is 15.8. The van der Waals surface area contributed by atoms with Crippen molar-refractivity contribution < 1.29 is 26.1 Å². The third-order valence-corrected chi connectivity index (χ3v) is 6.96. The van der Waals surface area contributed by atoms with Crippen LogP contribution in [-0.2, 0) is 16.2 Å². The van der Waals surface area contributed by atoms with Gasteiger partial charge in [0.25, 0.3) is 0 Å². The Kier molecular flexibility index (Phi) is 5.60. The molecule has 1 aromatic heterocycles. The lowest BCUT2D eigenvalue weighted by atomic mass is 10.1. The lowest BCUT2D eigenvalue weighted by Gasteiger charge is -2.24. The van der Waals surface area contributed by atoms with Crippen LogP contribution in [0.1, 0.15) is 29.0 Å². The number of alkyl halides is 3.